The molecule has 0 saturated heterocycles. The van der Waals surface area contributed by atoms with Crippen molar-refractivity contribution in [1.29, 1.82) is 0 Å². The molecular weight excluding hydrogens is 164 g/mol. The van der Waals surface area contributed by atoms with Crippen molar-refractivity contribution in [2.45, 2.75) is 32.7 Å². The van der Waals surface area contributed by atoms with Crippen molar-refractivity contribution in [1.82, 2.24) is 5.32 Å². The fourth-order valence-corrected chi connectivity index (χ4v) is 1.01. The van der Waals surface area contributed by atoms with Gasteiger partial charge in [0.05, 0.1) is 6.04 Å². The summed E-state index contributed by atoms with van der Waals surface area (Å²) in [6.07, 6.45) is 6.73. The van der Waals surface area contributed by atoms with Gasteiger partial charge in [0.15, 0.2) is 0 Å². The standard InChI is InChI=1S/C10H18N2O/c1-4-8(7-11)10(13)12-9(5-2)6-3/h2,8-9H,4,6-7,11H2,1,3H3,(H,12,13). The highest BCUT2D eigenvalue weighted by molar-refractivity contribution is 5.79. The molecule has 0 spiro atoms. The summed E-state index contributed by atoms with van der Waals surface area (Å²) < 4.78 is 0. The summed E-state index contributed by atoms with van der Waals surface area (Å²) >= 11 is 0. The summed E-state index contributed by atoms with van der Waals surface area (Å²) in [4.78, 5) is 11.4. The van der Waals surface area contributed by atoms with Crippen molar-refractivity contribution >= 4 is 5.91 Å². The van der Waals surface area contributed by atoms with Gasteiger partial charge in [0.1, 0.15) is 0 Å². The van der Waals surface area contributed by atoms with Gasteiger partial charge in [-0.05, 0) is 12.8 Å². The quantitative estimate of drug-likeness (QED) is 0.608. The largest absolute Gasteiger partial charge is 0.342 e. The van der Waals surface area contributed by atoms with Crippen LogP contribution in [-0.2, 0) is 4.79 Å². The van der Waals surface area contributed by atoms with Crippen LogP contribution >= 0.6 is 0 Å². The second-order valence-corrected chi connectivity index (χ2v) is 2.98. The number of hydrogen-bond acceptors (Lipinski definition) is 2. The van der Waals surface area contributed by atoms with Gasteiger partial charge in [0, 0.05) is 12.5 Å². The second kappa shape index (κ2) is 6.50. The minimum absolute atomic E-state index is 0.0326. The Balaban J connectivity index is 4.05. The molecule has 0 bridgehead atoms. The summed E-state index contributed by atoms with van der Waals surface area (Å²) in [6, 6.07) is -0.159. The van der Waals surface area contributed by atoms with Crippen LogP contribution in [0.3, 0.4) is 0 Å². The minimum Gasteiger partial charge on any atom is -0.342 e. The third-order valence-electron chi connectivity index (χ3n) is 2.07. The minimum atomic E-state index is -0.159. The summed E-state index contributed by atoms with van der Waals surface area (Å²) in [5.41, 5.74) is 5.43. The van der Waals surface area contributed by atoms with Gasteiger partial charge < -0.3 is 11.1 Å². The Bertz CT molecular complexity index is 192. The molecule has 1 amide bonds. The third-order valence-corrected chi connectivity index (χ3v) is 2.07. The van der Waals surface area contributed by atoms with Crippen LogP contribution in [0.5, 0.6) is 0 Å². The lowest BCUT2D eigenvalue weighted by Gasteiger charge is -2.15. The Labute approximate surface area is 80.1 Å². The number of amides is 1. The highest BCUT2D eigenvalue weighted by atomic mass is 16.1. The first kappa shape index (κ1) is 12.0. The maximum atomic E-state index is 11.4. The average Bonchev–Trinajstić information content (AvgIpc) is 2.16. The van der Waals surface area contributed by atoms with Crippen LogP contribution in [0.1, 0.15) is 26.7 Å². The molecule has 74 valence electrons. The van der Waals surface area contributed by atoms with Gasteiger partial charge in [-0.2, -0.15) is 0 Å². The molecule has 2 atom stereocenters. The molecule has 0 aliphatic carbocycles. The van der Waals surface area contributed by atoms with Crippen molar-refractivity contribution in [3.63, 3.8) is 0 Å². The van der Waals surface area contributed by atoms with Crippen molar-refractivity contribution in [2.75, 3.05) is 6.54 Å². The van der Waals surface area contributed by atoms with Crippen molar-refractivity contribution in [3.8, 4) is 12.3 Å². The number of nitrogens with one attached hydrogen (secondary N) is 1. The molecule has 0 aromatic heterocycles. The first-order valence-corrected chi connectivity index (χ1v) is 4.66. The third kappa shape index (κ3) is 3.95. The predicted molar refractivity (Wildman–Crippen MR) is 53.9 cm³/mol. The molecule has 0 aliphatic rings. The number of rotatable bonds is 5. The zero-order valence-corrected chi connectivity index (χ0v) is 8.34. The first-order chi connectivity index (χ1) is 6.19. The fraction of sp³-hybridized carbons (Fsp3) is 0.700. The highest BCUT2D eigenvalue weighted by Crippen LogP contribution is 2.01. The van der Waals surface area contributed by atoms with E-state index in [1.54, 1.807) is 0 Å². The normalized spacial score (nSPS) is 14.3. The smallest absolute Gasteiger partial charge is 0.225 e. The molecule has 0 aromatic carbocycles. The predicted octanol–water partition coefficient (Wildman–Crippen LogP) is 0.499. The van der Waals surface area contributed by atoms with Crippen LogP contribution in [0.4, 0.5) is 0 Å². The van der Waals surface area contributed by atoms with Gasteiger partial charge in [-0.1, -0.05) is 19.8 Å². The molecule has 0 fully saturated rings. The summed E-state index contributed by atoms with van der Waals surface area (Å²) in [6.45, 7) is 4.26. The van der Waals surface area contributed by atoms with E-state index in [1.807, 2.05) is 13.8 Å². The van der Waals surface area contributed by atoms with Crippen molar-refractivity contribution in [3.05, 3.63) is 0 Å². The Hall–Kier alpha value is -1.01. The molecule has 0 aliphatic heterocycles. The SMILES string of the molecule is C#CC(CC)NC(=O)C(CC)CN. The Morgan fingerprint density at radius 2 is 2.15 bits per heavy atom. The van der Waals surface area contributed by atoms with E-state index in [1.165, 1.54) is 0 Å². The molecule has 0 aromatic rings. The topological polar surface area (TPSA) is 55.1 Å². The van der Waals surface area contributed by atoms with E-state index < -0.39 is 0 Å². The Kier molecular flexibility index (Phi) is 5.99. The molecule has 3 nitrogen and oxygen atoms in total. The second-order valence-electron chi connectivity index (χ2n) is 2.98. The summed E-state index contributed by atoms with van der Waals surface area (Å²) in [5.74, 6) is 2.37. The van der Waals surface area contributed by atoms with E-state index in [0.29, 0.717) is 6.54 Å². The monoisotopic (exact) mass is 182 g/mol. The number of terminal acetylenes is 1. The molecule has 0 rings (SSSR count). The zero-order valence-electron chi connectivity index (χ0n) is 8.34. The maximum absolute atomic E-state index is 11.4. The number of carbonyl (C=O) groups is 1. The van der Waals surface area contributed by atoms with Gasteiger partial charge in [-0.3, -0.25) is 4.79 Å². The van der Waals surface area contributed by atoms with Gasteiger partial charge in [0.2, 0.25) is 5.91 Å². The van der Waals surface area contributed by atoms with Crippen LogP contribution in [0.25, 0.3) is 0 Å². The molecule has 2 unspecified atom stereocenters. The van der Waals surface area contributed by atoms with Crippen molar-refractivity contribution < 1.29 is 4.79 Å². The zero-order chi connectivity index (χ0) is 10.3. The Morgan fingerprint density at radius 1 is 1.54 bits per heavy atom. The molecule has 0 radical (unpaired) electrons. The van der Waals surface area contributed by atoms with Crippen LogP contribution in [0.15, 0.2) is 0 Å². The summed E-state index contributed by atoms with van der Waals surface area (Å²) in [7, 11) is 0. The molecule has 13 heavy (non-hydrogen) atoms. The van der Waals surface area contributed by atoms with E-state index in [4.69, 9.17) is 12.2 Å². The van der Waals surface area contributed by atoms with E-state index in [9.17, 15) is 4.79 Å². The first-order valence-electron chi connectivity index (χ1n) is 4.66. The van der Waals surface area contributed by atoms with Crippen LogP contribution in [0.2, 0.25) is 0 Å². The van der Waals surface area contributed by atoms with Crippen LogP contribution < -0.4 is 11.1 Å². The molecule has 3 N–H and O–H groups in total. The summed E-state index contributed by atoms with van der Waals surface area (Å²) in [5, 5.41) is 2.76. The molecule has 0 heterocycles. The Morgan fingerprint density at radius 3 is 2.46 bits per heavy atom. The number of hydrogen-bond donors (Lipinski definition) is 2. The van der Waals surface area contributed by atoms with Gasteiger partial charge in [0.25, 0.3) is 0 Å². The fourth-order valence-electron chi connectivity index (χ4n) is 1.01. The highest BCUT2D eigenvalue weighted by Gasteiger charge is 2.16. The number of nitrogens with two attached hydrogens (primary N) is 1. The lowest BCUT2D eigenvalue weighted by Crippen LogP contribution is -2.40. The van der Waals surface area contributed by atoms with Gasteiger partial charge in [-0.25, -0.2) is 0 Å². The molecule has 0 saturated carbocycles. The van der Waals surface area contributed by atoms with E-state index >= 15 is 0 Å². The maximum Gasteiger partial charge on any atom is 0.225 e. The van der Waals surface area contributed by atoms with Gasteiger partial charge >= 0.3 is 0 Å². The molecule has 3 heteroatoms. The molecular formula is C10H18N2O. The lowest BCUT2D eigenvalue weighted by molar-refractivity contribution is -0.125. The van der Waals surface area contributed by atoms with E-state index in [0.717, 1.165) is 12.8 Å². The van der Waals surface area contributed by atoms with Crippen LogP contribution in [-0.4, -0.2) is 18.5 Å². The average molecular weight is 182 g/mol. The lowest BCUT2D eigenvalue weighted by atomic mass is 10.1. The van der Waals surface area contributed by atoms with E-state index in [2.05, 4.69) is 11.2 Å². The van der Waals surface area contributed by atoms with Crippen molar-refractivity contribution in [2.24, 2.45) is 11.7 Å². The van der Waals surface area contributed by atoms with E-state index in [-0.39, 0.29) is 17.9 Å². The van der Waals surface area contributed by atoms with Gasteiger partial charge in [-0.15, -0.1) is 6.42 Å². The number of carbonyl (C=O) groups excluding carboxylic acids is 1. The van der Waals surface area contributed by atoms with Crippen LogP contribution in [0, 0.1) is 18.3 Å².